The number of nitrogens with one attached hydrogen (secondary N) is 2. The highest BCUT2D eigenvalue weighted by Crippen LogP contribution is 2.22. The maximum Gasteiger partial charge on any atom is 0.274 e. The van der Waals surface area contributed by atoms with Crippen LogP contribution in [0, 0.1) is 5.82 Å². The lowest BCUT2D eigenvalue weighted by Crippen LogP contribution is -2.41. The van der Waals surface area contributed by atoms with E-state index in [1.165, 1.54) is 12.1 Å². The quantitative estimate of drug-likeness (QED) is 0.453. The average molecular weight is 522 g/mol. The predicted molar refractivity (Wildman–Crippen MR) is 136 cm³/mol. The maximum absolute atomic E-state index is 14.8. The summed E-state index contributed by atoms with van der Waals surface area (Å²) >= 11 is 0. The first-order valence-electron chi connectivity index (χ1n) is 12.5. The molecule has 2 amide bonds. The molecule has 5 rings (SSSR count). The lowest BCUT2D eigenvalue weighted by atomic mass is 10.1. The van der Waals surface area contributed by atoms with Gasteiger partial charge in [-0.2, -0.15) is 0 Å². The minimum atomic E-state index is -0.629. The van der Waals surface area contributed by atoms with E-state index in [1.807, 2.05) is 0 Å². The lowest BCUT2D eigenvalue weighted by molar-refractivity contribution is -0.186. The van der Waals surface area contributed by atoms with Gasteiger partial charge in [-0.05, 0) is 49.2 Å². The topological polar surface area (TPSA) is 115 Å². The Hall–Kier alpha value is -3.93. The second-order valence-corrected chi connectivity index (χ2v) is 8.91. The second kappa shape index (κ2) is 12.1. The predicted octanol–water partition coefficient (Wildman–Crippen LogP) is 3.69. The van der Waals surface area contributed by atoms with E-state index in [-0.39, 0.29) is 23.3 Å². The number of hydroxylamine groups is 1. The molecule has 2 saturated heterocycles. The molecule has 3 heterocycles. The van der Waals surface area contributed by atoms with Crippen LogP contribution in [0.1, 0.15) is 40.0 Å². The number of benzene rings is 2. The van der Waals surface area contributed by atoms with Gasteiger partial charge in [-0.15, -0.1) is 0 Å². The van der Waals surface area contributed by atoms with E-state index in [0.29, 0.717) is 49.9 Å². The molecule has 2 aliphatic heterocycles. The third-order valence-corrected chi connectivity index (χ3v) is 6.27. The van der Waals surface area contributed by atoms with Crippen LogP contribution in [0.5, 0.6) is 0 Å². The second-order valence-electron chi connectivity index (χ2n) is 8.91. The van der Waals surface area contributed by atoms with Crippen molar-refractivity contribution in [3.63, 3.8) is 0 Å². The molecule has 3 aromatic rings. The van der Waals surface area contributed by atoms with Crippen LogP contribution in [0.2, 0.25) is 0 Å². The molecule has 11 heteroatoms. The van der Waals surface area contributed by atoms with Crippen LogP contribution >= 0.6 is 0 Å². The number of hydrogen-bond acceptors (Lipinski definition) is 8. The fraction of sp³-hybridized carbons (Fsp3) is 0.333. The number of halogens is 1. The van der Waals surface area contributed by atoms with Crippen LogP contribution in [0.3, 0.4) is 0 Å². The van der Waals surface area contributed by atoms with E-state index in [1.54, 1.807) is 47.5 Å². The van der Waals surface area contributed by atoms with Gasteiger partial charge in [0.1, 0.15) is 5.82 Å². The van der Waals surface area contributed by atoms with E-state index in [9.17, 15) is 14.0 Å². The fourth-order valence-corrected chi connectivity index (χ4v) is 4.19. The number of amides is 2. The Kier molecular flexibility index (Phi) is 8.17. The minimum Gasteiger partial charge on any atom is -0.378 e. The summed E-state index contributed by atoms with van der Waals surface area (Å²) in [7, 11) is 0. The highest BCUT2D eigenvalue weighted by atomic mass is 19.1. The highest BCUT2D eigenvalue weighted by molar-refractivity contribution is 5.95. The number of ether oxygens (including phenoxy) is 2. The Morgan fingerprint density at radius 3 is 2.58 bits per heavy atom. The van der Waals surface area contributed by atoms with Gasteiger partial charge in [0.05, 0.1) is 24.5 Å². The van der Waals surface area contributed by atoms with Crippen molar-refractivity contribution in [3.8, 4) is 11.3 Å². The third-order valence-electron chi connectivity index (χ3n) is 6.27. The van der Waals surface area contributed by atoms with E-state index < -0.39 is 12.1 Å². The minimum absolute atomic E-state index is 0.00733. The van der Waals surface area contributed by atoms with Crippen molar-refractivity contribution in [2.75, 3.05) is 38.2 Å². The molecule has 0 aliphatic carbocycles. The first-order valence-corrected chi connectivity index (χ1v) is 12.5. The zero-order valence-electron chi connectivity index (χ0n) is 20.7. The number of anilines is 2. The molecule has 1 aromatic heterocycles. The van der Waals surface area contributed by atoms with E-state index in [4.69, 9.17) is 14.3 Å². The van der Waals surface area contributed by atoms with Gasteiger partial charge in [0.2, 0.25) is 5.95 Å². The Bertz CT molecular complexity index is 1280. The van der Waals surface area contributed by atoms with Gasteiger partial charge in [-0.3, -0.25) is 9.59 Å². The summed E-state index contributed by atoms with van der Waals surface area (Å²) in [6, 6.07) is 12.9. The molecule has 2 fully saturated rings. The Labute approximate surface area is 219 Å². The first kappa shape index (κ1) is 25.7. The molecule has 1 unspecified atom stereocenters. The van der Waals surface area contributed by atoms with Gasteiger partial charge in [0, 0.05) is 49.1 Å². The summed E-state index contributed by atoms with van der Waals surface area (Å²) in [6.45, 7) is 2.39. The molecule has 0 bridgehead atoms. The molecule has 10 nitrogen and oxygen atoms in total. The van der Waals surface area contributed by atoms with Crippen molar-refractivity contribution in [1.29, 1.82) is 0 Å². The largest absolute Gasteiger partial charge is 0.378 e. The van der Waals surface area contributed by atoms with Crippen molar-refractivity contribution >= 4 is 23.5 Å². The summed E-state index contributed by atoms with van der Waals surface area (Å²) in [5.41, 5.74) is 4.66. The Morgan fingerprint density at radius 2 is 1.84 bits per heavy atom. The monoisotopic (exact) mass is 521 g/mol. The molecule has 0 radical (unpaired) electrons. The number of carbonyl (C=O) groups excluding carboxylic acids is 2. The van der Waals surface area contributed by atoms with Crippen molar-refractivity contribution in [3.05, 3.63) is 71.7 Å². The van der Waals surface area contributed by atoms with Crippen molar-refractivity contribution < 1.29 is 28.3 Å². The molecule has 198 valence electrons. The van der Waals surface area contributed by atoms with Crippen molar-refractivity contribution in [1.82, 2.24) is 20.3 Å². The molecule has 2 aliphatic rings. The van der Waals surface area contributed by atoms with Crippen molar-refractivity contribution in [2.24, 2.45) is 0 Å². The Balaban J connectivity index is 1.21. The van der Waals surface area contributed by atoms with Gasteiger partial charge < -0.3 is 19.7 Å². The van der Waals surface area contributed by atoms with Gasteiger partial charge in [0.25, 0.3) is 11.8 Å². The van der Waals surface area contributed by atoms with E-state index in [2.05, 4.69) is 20.8 Å². The standard InChI is InChI=1S/C27H28FN5O5/c28-22-17-20(8-9-21(22)26(35)33-12-15-36-16-13-33)30-27-29-11-10-23(31-27)18-4-6-19(7-5-18)25(34)32-38-24-3-1-2-14-37-24/h4-11,17,24H,1-3,12-16H2,(H,32,34)(H,29,30,31). The normalized spacial score (nSPS) is 17.6. The van der Waals surface area contributed by atoms with Crippen LogP contribution in [0.4, 0.5) is 16.0 Å². The first-order chi connectivity index (χ1) is 18.6. The number of morpholine rings is 1. The molecule has 2 N–H and O–H groups in total. The van der Waals surface area contributed by atoms with Crippen LogP contribution in [0.15, 0.2) is 54.7 Å². The number of carbonyl (C=O) groups is 2. The molecule has 0 saturated carbocycles. The molecule has 0 spiro atoms. The Morgan fingerprint density at radius 1 is 1.03 bits per heavy atom. The molecule has 2 aromatic carbocycles. The fourth-order valence-electron chi connectivity index (χ4n) is 4.19. The third kappa shape index (κ3) is 6.31. The molecular formula is C27H28FN5O5. The number of rotatable bonds is 7. The van der Waals surface area contributed by atoms with Crippen LogP contribution < -0.4 is 10.8 Å². The van der Waals surface area contributed by atoms with Gasteiger partial charge in [-0.1, -0.05) is 12.1 Å². The molecular weight excluding hydrogens is 493 g/mol. The summed E-state index contributed by atoms with van der Waals surface area (Å²) in [6.07, 6.45) is 3.89. The summed E-state index contributed by atoms with van der Waals surface area (Å²) < 4.78 is 25.5. The zero-order chi connectivity index (χ0) is 26.3. The molecule has 38 heavy (non-hydrogen) atoms. The van der Waals surface area contributed by atoms with Crippen LogP contribution in [0.25, 0.3) is 11.3 Å². The van der Waals surface area contributed by atoms with E-state index >= 15 is 0 Å². The zero-order valence-corrected chi connectivity index (χ0v) is 20.7. The number of hydrogen-bond donors (Lipinski definition) is 2. The maximum atomic E-state index is 14.8. The summed E-state index contributed by atoms with van der Waals surface area (Å²) in [4.78, 5) is 40.6. The SMILES string of the molecule is O=C(NOC1CCCCO1)c1ccc(-c2ccnc(Nc3ccc(C(=O)N4CCOCC4)c(F)c3)n2)cc1. The smallest absolute Gasteiger partial charge is 0.274 e. The number of aromatic nitrogens is 2. The van der Waals surface area contributed by atoms with Gasteiger partial charge >= 0.3 is 0 Å². The summed E-state index contributed by atoms with van der Waals surface area (Å²) in [5.74, 6) is -1.10. The van der Waals surface area contributed by atoms with Crippen LogP contribution in [-0.2, 0) is 14.3 Å². The average Bonchev–Trinajstić information content (AvgIpc) is 2.97. The van der Waals surface area contributed by atoms with E-state index in [0.717, 1.165) is 24.8 Å². The van der Waals surface area contributed by atoms with Crippen LogP contribution in [-0.4, -0.2) is 65.9 Å². The molecule has 1 atom stereocenters. The summed E-state index contributed by atoms with van der Waals surface area (Å²) in [5, 5.41) is 2.98. The van der Waals surface area contributed by atoms with Crippen molar-refractivity contribution in [2.45, 2.75) is 25.6 Å². The van der Waals surface area contributed by atoms with Gasteiger partial charge in [-0.25, -0.2) is 24.7 Å². The highest BCUT2D eigenvalue weighted by Gasteiger charge is 2.22. The van der Waals surface area contributed by atoms with Gasteiger partial charge in [0.15, 0.2) is 6.29 Å². The lowest BCUT2D eigenvalue weighted by Gasteiger charge is -2.27. The number of nitrogens with zero attached hydrogens (tertiary/aromatic N) is 3.